The molecule has 1 amide bonds. The van der Waals surface area contributed by atoms with Crippen LogP contribution < -0.4 is 10.9 Å². The molecule has 2 aromatic rings. The second-order valence-corrected chi connectivity index (χ2v) is 5.65. The smallest absolute Gasteiger partial charge is 0.303 e. The highest BCUT2D eigenvalue weighted by Crippen LogP contribution is 2.03. The summed E-state index contributed by atoms with van der Waals surface area (Å²) >= 11 is 0. The lowest BCUT2D eigenvalue weighted by Crippen LogP contribution is -2.37. The van der Waals surface area contributed by atoms with Crippen molar-refractivity contribution < 1.29 is 14.7 Å². The molecule has 1 aromatic carbocycles. The van der Waals surface area contributed by atoms with Gasteiger partial charge in [-0.3, -0.25) is 14.4 Å². The summed E-state index contributed by atoms with van der Waals surface area (Å²) in [5, 5.41) is 11.3. The summed E-state index contributed by atoms with van der Waals surface area (Å²) in [6, 6.07) is 12.3. The maximum absolute atomic E-state index is 12.5. The highest BCUT2D eigenvalue weighted by atomic mass is 16.4. The number of pyridine rings is 1. The van der Waals surface area contributed by atoms with Crippen molar-refractivity contribution in [3.8, 4) is 0 Å². The Labute approximate surface area is 139 Å². The van der Waals surface area contributed by atoms with Gasteiger partial charge in [0.1, 0.15) is 5.56 Å². The van der Waals surface area contributed by atoms with Crippen LogP contribution in [0.2, 0.25) is 0 Å². The summed E-state index contributed by atoms with van der Waals surface area (Å²) < 4.78 is 1.48. The lowest BCUT2D eigenvalue weighted by atomic mass is 10.1. The van der Waals surface area contributed by atoms with Gasteiger partial charge in [-0.1, -0.05) is 30.3 Å². The van der Waals surface area contributed by atoms with E-state index in [0.29, 0.717) is 13.0 Å². The third-order valence-electron chi connectivity index (χ3n) is 3.63. The van der Waals surface area contributed by atoms with Crippen molar-refractivity contribution in [2.45, 2.75) is 32.4 Å². The highest BCUT2D eigenvalue weighted by Gasteiger charge is 2.15. The molecule has 0 spiro atoms. The van der Waals surface area contributed by atoms with Crippen LogP contribution in [0.15, 0.2) is 53.5 Å². The predicted molar refractivity (Wildman–Crippen MR) is 90.0 cm³/mol. The Balaban J connectivity index is 2.10. The summed E-state index contributed by atoms with van der Waals surface area (Å²) in [5.74, 6) is -1.40. The Morgan fingerprint density at radius 2 is 1.88 bits per heavy atom. The Morgan fingerprint density at radius 3 is 2.54 bits per heavy atom. The molecule has 1 aromatic heterocycles. The molecule has 6 heteroatoms. The molecule has 6 nitrogen and oxygen atoms in total. The highest BCUT2D eigenvalue weighted by molar-refractivity contribution is 5.94. The van der Waals surface area contributed by atoms with Crippen LogP contribution in [-0.2, 0) is 11.3 Å². The molecule has 0 bridgehead atoms. The van der Waals surface area contributed by atoms with E-state index in [1.807, 2.05) is 30.3 Å². The SMILES string of the molecule is CC(CCC(=O)O)NC(=O)c1cccn(Cc2ccccc2)c1=O. The largest absolute Gasteiger partial charge is 0.481 e. The minimum Gasteiger partial charge on any atom is -0.481 e. The quantitative estimate of drug-likeness (QED) is 0.812. The van der Waals surface area contributed by atoms with Crippen LogP contribution in [0.4, 0.5) is 0 Å². The first-order chi connectivity index (χ1) is 11.5. The maximum Gasteiger partial charge on any atom is 0.303 e. The van der Waals surface area contributed by atoms with E-state index in [4.69, 9.17) is 5.11 Å². The minimum atomic E-state index is -0.916. The molecule has 0 aliphatic rings. The average Bonchev–Trinajstić information content (AvgIpc) is 2.56. The van der Waals surface area contributed by atoms with Gasteiger partial charge in [0.15, 0.2) is 0 Å². The summed E-state index contributed by atoms with van der Waals surface area (Å²) in [6.45, 7) is 2.10. The third-order valence-corrected chi connectivity index (χ3v) is 3.63. The zero-order valence-electron chi connectivity index (χ0n) is 13.4. The monoisotopic (exact) mass is 328 g/mol. The van der Waals surface area contributed by atoms with Gasteiger partial charge in [0, 0.05) is 18.7 Å². The molecule has 0 radical (unpaired) electrons. The molecule has 1 atom stereocenters. The number of nitrogens with zero attached hydrogens (tertiary/aromatic N) is 1. The second-order valence-electron chi connectivity index (χ2n) is 5.65. The van der Waals surface area contributed by atoms with E-state index in [1.54, 1.807) is 19.2 Å². The molecular weight excluding hydrogens is 308 g/mol. The number of carbonyl (C=O) groups excluding carboxylic acids is 1. The first-order valence-corrected chi connectivity index (χ1v) is 7.73. The number of nitrogens with one attached hydrogen (secondary N) is 1. The number of carbonyl (C=O) groups is 2. The van der Waals surface area contributed by atoms with E-state index in [0.717, 1.165) is 5.56 Å². The Hall–Kier alpha value is -2.89. The molecule has 0 fully saturated rings. The van der Waals surface area contributed by atoms with Crippen LogP contribution in [0.1, 0.15) is 35.7 Å². The van der Waals surface area contributed by atoms with Gasteiger partial charge >= 0.3 is 5.97 Å². The molecule has 2 N–H and O–H groups in total. The van der Waals surface area contributed by atoms with Crippen molar-refractivity contribution in [1.82, 2.24) is 9.88 Å². The molecule has 126 valence electrons. The number of aromatic nitrogens is 1. The van der Waals surface area contributed by atoms with Crippen LogP contribution in [-0.4, -0.2) is 27.6 Å². The van der Waals surface area contributed by atoms with Crippen molar-refractivity contribution in [2.75, 3.05) is 0 Å². The lowest BCUT2D eigenvalue weighted by Gasteiger charge is -2.13. The zero-order chi connectivity index (χ0) is 17.5. The molecule has 24 heavy (non-hydrogen) atoms. The first-order valence-electron chi connectivity index (χ1n) is 7.73. The second kappa shape index (κ2) is 8.10. The van der Waals surface area contributed by atoms with Crippen molar-refractivity contribution in [2.24, 2.45) is 0 Å². The zero-order valence-corrected chi connectivity index (χ0v) is 13.4. The van der Waals surface area contributed by atoms with E-state index in [2.05, 4.69) is 5.32 Å². The number of amides is 1. The predicted octanol–water partition coefficient (Wildman–Crippen LogP) is 1.88. The third kappa shape index (κ3) is 4.81. The van der Waals surface area contributed by atoms with Gasteiger partial charge in [-0.25, -0.2) is 0 Å². The van der Waals surface area contributed by atoms with Crippen LogP contribution in [0.25, 0.3) is 0 Å². The average molecular weight is 328 g/mol. The van der Waals surface area contributed by atoms with E-state index in [9.17, 15) is 14.4 Å². The standard InChI is InChI=1S/C18H20N2O4/c1-13(9-10-16(21)22)19-17(23)15-8-5-11-20(18(15)24)12-14-6-3-2-4-7-14/h2-8,11,13H,9-10,12H2,1H3,(H,19,23)(H,21,22). The molecule has 1 unspecified atom stereocenters. The summed E-state index contributed by atoms with van der Waals surface area (Å²) in [4.78, 5) is 35.3. The normalized spacial score (nSPS) is 11.7. The van der Waals surface area contributed by atoms with Gasteiger partial charge < -0.3 is 15.0 Å². The number of rotatable bonds is 7. The van der Waals surface area contributed by atoms with Crippen molar-refractivity contribution in [3.63, 3.8) is 0 Å². The van der Waals surface area contributed by atoms with Crippen LogP contribution >= 0.6 is 0 Å². The first kappa shape index (κ1) is 17.5. The number of carboxylic acids is 1. The van der Waals surface area contributed by atoms with Crippen LogP contribution in [0.3, 0.4) is 0 Å². The van der Waals surface area contributed by atoms with Crippen LogP contribution in [0, 0.1) is 0 Å². The summed E-state index contributed by atoms with van der Waals surface area (Å²) in [5.41, 5.74) is 0.645. The number of benzene rings is 1. The van der Waals surface area contributed by atoms with Crippen molar-refractivity contribution in [1.29, 1.82) is 0 Å². The molecular formula is C18H20N2O4. The van der Waals surface area contributed by atoms with E-state index in [-0.39, 0.29) is 23.6 Å². The van der Waals surface area contributed by atoms with Crippen molar-refractivity contribution >= 4 is 11.9 Å². The van der Waals surface area contributed by atoms with Gasteiger partial charge in [0.2, 0.25) is 0 Å². The number of carboxylic acid groups (broad SMARTS) is 1. The molecule has 0 aliphatic heterocycles. The van der Waals surface area contributed by atoms with Gasteiger partial charge in [0.05, 0.1) is 6.54 Å². The van der Waals surface area contributed by atoms with Gasteiger partial charge in [0.25, 0.3) is 11.5 Å². The molecule has 0 saturated carbocycles. The maximum atomic E-state index is 12.5. The van der Waals surface area contributed by atoms with E-state index in [1.165, 1.54) is 10.6 Å². The van der Waals surface area contributed by atoms with Gasteiger partial charge in [-0.05, 0) is 31.0 Å². The Kier molecular flexibility index (Phi) is 5.89. The van der Waals surface area contributed by atoms with Crippen LogP contribution in [0.5, 0.6) is 0 Å². The molecule has 1 heterocycles. The molecule has 0 saturated heterocycles. The molecule has 2 rings (SSSR count). The number of aliphatic carboxylic acids is 1. The van der Waals surface area contributed by atoms with Gasteiger partial charge in [-0.2, -0.15) is 0 Å². The van der Waals surface area contributed by atoms with E-state index >= 15 is 0 Å². The van der Waals surface area contributed by atoms with Gasteiger partial charge in [-0.15, -0.1) is 0 Å². The Morgan fingerprint density at radius 1 is 1.17 bits per heavy atom. The summed E-state index contributed by atoms with van der Waals surface area (Å²) in [6.07, 6.45) is 1.92. The fourth-order valence-corrected chi connectivity index (χ4v) is 2.33. The van der Waals surface area contributed by atoms with E-state index < -0.39 is 11.9 Å². The minimum absolute atomic E-state index is 0.0333. The fraction of sp³-hybridized carbons (Fsp3) is 0.278. The number of hydrogen-bond acceptors (Lipinski definition) is 3. The fourth-order valence-electron chi connectivity index (χ4n) is 2.33. The van der Waals surface area contributed by atoms with Crippen molar-refractivity contribution in [3.05, 3.63) is 70.1 Å². The number of hydrogen-bond donors (Lipinski definition) is 2. The topological polar surface area (TPSA) is 88.4 Å². The lowest BCUT2D eigenvalue weighted by molar-refractivity contribution is -0.137. The summed E-state index contributed by atoms with van der Waals surface area (Å²) in [7, 11) is 0. The Bertz CT molecular complexity index is 768. The molecule has 0 aliphatic carbocycles.